The van der Waals surface area contributed by atoms with E-state index >= 15 is 0 Å². The Morgan fingerprint density at radius 2 is 1.95 bits per heavy atom. The minimum Gasteiger partial charge on any atom is -0.457 e. The van der Waals surface area contributed by atoms with Crippen LogP contribution in [0.3, 0.4) is 0 Å². The van der Waals surface area contributed by atoms with E-state index in [0.717, 1.165) is 13.8 Å². The van der Waals surface area contributed by atoms with E-state index in [4.69, 9.17) is 19.3 Å². The van der Waals surface area contributed by atoms with E-state index in [2.05, 4.69) is 22.4 Å². The van der Waals surface area contributed by atoms with E-state index in [-0.39, 0.29) is 0 Å². The van der Waals surface area contributed by atoms with Gasteiger partial charge in [-0.3, -0.25) is 9.59 Å². The van der Waals surface area contributed by atoms with Crippen molar-refractivity contribution in [2.75, 3.05) is 6.61 Å². The summed E-state index contributed by atoms with van der Waals surface area (Å²) in [5.41, 5.74) is 0. The number of aliphatic hydroxyl groups is 2. The van der Waals surface area contributed by atoms with Crippen molar-refractivity contribution in [1.29, 1.82) is 0 Å². The Balaban J connectivity index is 3.06. The lowest BCUT2D eigenvalue weighted by Gasteiger charge is -2.40. The molecular formula is C11H15NO7S. The van der Waals surface area contributed by atoms with Gasteiger partial charge in [0, 0.05) is 13.8 Å². The average Bonchev–Trinajstić information content (AvgIpc) is 2.36. The second-order valence-corrected chi connectivity index (χ2v) is 4.29. The number of ether oxygens (including phenoxy) is 3. The highest BCUT2D eigenvalue weighted by Gasteiger charge is 2.48. The molecule has 0 aromatic heterocycles. The molecule has 1 saturated heterocycles. The maximum Gasteiger partial charge on any atom is 0.305 e. The summed E-state index contributed by atoms with van der Waals surface area (Å²) in [6, 6.07) is -1.06. The first kappa shape index (κ1) is 16.7. The topological polar surface area (TPSA) is 115 Å². The molecule has 0 radical (unpaired) electrons. The maximum absolute atomic E-state index is 11.1. The third-order valence-electron chi connectivity index (χ3n) is 2.61. The Labute approximate surface area is 120 Å². The number of carbonyl (C=O) groups is 2. The molecule has 0 spiro atoms. The SMILES string of the molecule is CC(=O)O[C@@H]1O[C@H](CO)[C@@H](O)[C@H](OC(C)=O)[C@H]1N=C=S. The second kappa shape index (κ2) is 7.41. The number of isothiocyanates is 1. The van der Waals surface area contributed by atoms with E-state index in [1.165, 1.54) is 0 Å². The van der Waals surface area contributed by atoms with Gasteiger partial charge in [-0.25, -0.2) is 4.99 Å². The van der Waals surface area contributed by atoms with Gasteiger partial charge in [0.25, 0.3) is 0 Å². The van der Waals surface area contributed by atoms with Crippen molar-refractivity contribution in [3.8, 4) is 0 Å². The van der Waals surface area contributed by atoms with Gasteiger partial charge in [0.15, 0.2) is 12.1 Å². The molecule has 0 amide bonds. The number of nitrogens with zero attached hydrogens (tertiary/aromatic N) is 1. The zero-order chi connectivity index (χ0) is 15.3. The van der Waals surface area contributed by atoms with Crippen molar-refractivity contribution < 1.29 is 34.0 Å². The number of carbonyl (C=O) groups excluding carboxylic acids is 2. The van der Waals surface area contributed by atoms with E-state index in [1.54, 1.807) is 0 Å². The molecule has 0 unspecified atom stereocenters. The van der Waals surface area contributed by atoms with Crippen LogP contribution in [-0.4, -0.2) is 64.6 Å². The van der Waals surface area contributed by atoms with Gasteiger partial charge >= 0.3 is 11.9 Å². The standard InChI is InChI=1S/C11H15NO7S/c1-5(14)17-10-8(12-4-20)11(18-6(2)15)19-7(3-13)9(10)16/h7-11,13,16H,3H2,1-2H3/t7-,8-,9-,10-,11-/m1/s1. The zero-order valence-electron chi connectivity index (χ0n) is 10.9. The third-order valence-corrected chi connectivity index (χ3v) is 2.71. The number of hydrogen-bond donors (Lipinski definition) is 2. The fourth-order valence-corrected chi connectivity index (χ4v) is 1.96. The molecule has 1 rings (SSSR count). The predicted octanol–water partition coefficient (Wildman–Crippen LogP) is -0.969. The van der Waals surface area contributed by atoms with Crippen LogP contribution in [0.2, 0.25) is 0 Å². The summed E-state index contributed by atoms with van der Waals surface area (Å²) in [6.07, 6.45) is -4.83. The molecule has 112 valence electrons. The zero-order valence-corrected chi connectivity index (χ0v) is 11.7. The molecule has 1 aliphatic rings. The van der Waals surface area contributed by atoms with Gasteiger partial charge in [0.05, 0.1) is 11.8 Å². The summed E-state index contributed by atoms with van der Waals surface area (Å²) in [4.78, 5) is 25.9. The summed E-state index contributed by atoms with van der Waals surface area (Å²) in [7, 11) is 0. The molecule has 2 N–H and O–H groups in total. The largest absolute Gasteiger partial charge is 0.457 e. The Hall–Kier alpha value is -1.38. The summed E-state index contributed by atoms with van der Waals surface area (Å²) in [5, 5.41) is 21.2. The number of thiocarbonyl (C=S) groups is 1. The summed E-state index contributed by atoms with van der Waals surface area (Å²) < 4.78 is 15.1. The van der Waals surface area contributed by atoms with E-state index in [9.17, 15) is 14.7 Å². The molecule has 1 fully saturated rings. The Bertz CT molecular complexity index is 423. The molecule has 0 saturated carbocycles. The van der Waals surface area contributed by atoms with Crippen LogP contribution in [-0.2, 0) is 23.8 Å². The third kappa shape index (κ3) is 4.06. The summed E-state index contributed by atoms with van der Waals surface area (Å²) in [6.45, 7) is 1.75. The van der Waals surface area contributed by atoms with Crippen molar-refractivity contribution in [2.45, 2.75) is 44.5 Å². The van der Waals surface area contributed by atoms with Gasteiger partial charge in [-0.15, -0.1) is 0 Å². The van der Waals surface area contributed by atoms with Crippen molar-refractivity contribution in [3.05, 3.63) is 0 Å². The number of hydrogen-bond acceptors (Lipinski definition) is 9. The van der Waals surface area contributed by atoms with Crippen LogP contribution in [0.5, 0.6) is 0 Å². The molecule has 20 heavy (non-hydrogen) atoms. The van der Waals surface area contributed by atoms with Crippen LogP contribution in [0, 0.1) is 0 Å². The molecule has 9 heteroatoms. The quantitative estimate of drug-likeness (QED) is 0.387. The van der Waals surface area contributed by atoms with Crippen LogP contribution in [0.15, 0.2) is 4.99 Å². The van der Waals surface area contributed by atoms with Crippen LogP contribution in [0.25, 0.3) is 0 Å². The number of esters is 2. The number of aliphatic hydroxyl groups excluding tert-OH is 2. The molecule has 1 heterocycles. The van der Waals surface area contributed by atoms with Gasteiger partial charge in [-0.2, -0.15) is 0 Å². The fraction of sp³-hybridized carbons (Fsp3) is 0.727. The number of aliphatic imine (C=N–C) groups is 1. The highest BCUT2D eigenvalue weighted by Crippen LogP contribution is 2.26. The Morgan fingerprint density at radius 3 is 2.40 bits per heavy atom. The lowest BCUT2D eigenvalue weighted by Crippen LogP contribution is -2.60. The smallest absolute Gasteiger partial charge is 0.305 e. The average molecular weight is 305 g/mol. The lowest BCUT2D eigenvalue weighted by atomic mass is 9.97. The molecule has 0 aliphatic carbocycles. The van der Waals surface area contributed by atoms with Crippen molar-refractivity contribution in [2.24, 2.45) is 4.99 Å². The Morgan fingerprint density at radius 1 is 1.35 bits per heavy atom. The van der Waals surface area contributed by atoms with Crippen LogP contribution in [0.1, 0.15) is 13.8 Å². The van der Waals surface area contributed by atoms with Crippen LogP contribution >= 0.6 is 12.2 Å². The first-order valence-corrected chi connectivity index (χ1v) is 6.17. The van der Waals surface area contributed by atoms with Gasteiger partial charge in [0.2, 0.25) is 6.29 Å². The highest BCUT2D eigenvalue weighted by molar-refractivity contribution is 7.78. The van der Waals surface area contributed by atoms with Crippen LogP contribution < -0.4 is 0 Å². The van der Waals surface area contributed by atoms with Crippen molar-refractivity contribution >= 4 is 29.3 Å². The molecule has 5 atom stereocenters. The highest BCUT2D eigenvalue weighted by atomic mass is 32.1. The lowest BCUT2D eigenvalue weighted by molar-refractivity contribution is -0.261. The Kier molecular flexibility index (Phi) is 6.18. The van der Waals surface area contributed by atoms with Crippen LogP contribution in [0.4, 0.5) is 0 Å². The first-order chi connectivity index (χ1) is 9.40. The van der Waals surface area contributed by atoms with Gasteiger partial charge in [-0.1, -0.05) is 0 Å². The molecule has 0 bridgehead atoms. The minimum absolute atomic E-state index is 0.551. The molecule has 0 aromatic rings. The first-order valence-electron chi connectivity index (χ1n) is 5.76. The molecule has 0 aromatic carbocycles. The van der Waals surface area contributed by atoms with Gasteiger partial charge in [0.1, 0.15) is 12.2 Å². The van der Waals surface area contributed by atoms with E-state index < -0.39 is 49.2 Å². The van der Waals surface area contributed by atoms with E-state index in [0.29, 0.717) is 0 Å². The maximum atomic E-state index is 11.1. The molecule has 1 aliphatic heterocycles. The van der Waals surface area contributed by atoms with Gasteiger partial charge in [-0.05, 0) is 12.2 Å². The molecular weight excluding hydrogens is 290 g/mol. The van der Waals surface area contributed by atoms with Gasteiger partial charge < -0.3 is 24.4 Å². The summed E-state index contributed by atoms with van der Waals surface area (Å²) >= 11 is 4.48. The number of rotatable bonds is 4. The minimum atomic E-state index is -1.34. The van der Waals surface area contributed by atoms with Crippen molar-refractivity contribution in [3.63, 3.8) is 0 Å². The predicted molar refractivity (Wildman–Crippen MR) is 67.9 cm³/mol. The second-order valence-electron chi connectivity index (χ2n) is 4.11. The monoisotopic (exact) mass is 305 g/mol. The summed E-state index contributed by atoms with van der Waals surface area (Å²) in [5.74, 6) is -1.33. The normalized spacial score (nSPS) is 32.9. The molecule has 8 nitrogen and oxygen atoms in total. The van der Waals surface area contributed by atoms with E-state index in [1.807, 2.05) is 0 Å². The fourth-order valence-electron chi connectivity index (χ4n) is 1.84. The van der Waals surface area contributed by atoms with Crippen molar-refractivity contribution in [1.82, 2.24) is 0 Å².